The van der Waals surface area contributed by atoms with Crippen molar-refractivity contribution < 1.29 is 27.2 Å². The molecule has 0 fully saturated rings. The van der Waals surface area contributed by atoms with Gasteiger partial charge in [-0.3, -0.25) is 4.79 Å². The number of amides is 1. The number of rotatable bonds is 6. The molecule has 0 saturated heterocycles. The number of hydrogen-bond donors (Lipinski definition) is 1. The van der Waals surface area contributed by atoms with Gasteiger partial charge in [0.2, 0.25) is 5.76 Å². The highest BCUT2D eigenvalue weighted by molar-refractivity contribution is 5.92. The highest BCUT2D eigenvalue weighted by atomic mass is 19.4. The number of nitrogens with zero attached hydrogens (tertiary/aromatic N) is 1. The molecule has 3 rings (SSSR count). The summed E-state index contributed by atoms with van der Waals surface area (Å²) in [6.07, 6.45) is -4.27. The fraction of sp³-hybridized carbons (Fsp3) is 0.158. The number of carbonyl (C=O) groups excluding carboxylic acids is 1. The lowest BCUT2D eigenvalue weighted by atomic mass is 10.1. The van der Waals surface area contributed by atoms with Gasteiger partial charge >= 0.3 is 6.36 Å². The van der Waals surface area contributed by atoms with E-state index in [4.69, 9.17) is 4.52 Å². The minimum absolute atomic E-state index is 0.0859. The van der Waals surface area contributed by atoms with E-state index < -0.39 is 12.3 Å². The van der Waals surface area contributed by atoms with Crippen LogP contribution in [0.1, 0.15) is 16.1 Å². The average molecular weight is 376 g/mol. The summed E-state index contributed by atoms with van der Waals surface area (Å²) >= 11 is 0. The molecule has 5 nitrogen and oxygen atoms in total. The summed E-state index contributed by atoms with van der Waals surface area (Å²) in [7, 11) is 0. The Balaban J connectivity index is 1.50. The van der Waals surface area contributed by atoms with Crippen LogP contribution < -0.4 is 10.1 Å². The molecule has 0 aliphatic rings. The third kappa shape index (κ3) is 5.34. The number of ether oxygens (including phenoxy) is 1. The molecule has 0 bridgehead atoms. The third-order valence-corrected chi connectivity index (χ3v) is 3.66. The number of benzene rings is 2. The van der Waals surface area contributed by atoms with Gasteiger partial charge in [0, 0.05) is 18.2 Å². The summed E-state index contributed by atoms with van der Waals surface area (Å²) in [5, 5.41) is 6.55. The lowest BCUT2D eigenvalue weighted by Gasteiger charge is -2.09. The van der Waals surface area contributed by atoms with Crippen molar-refractivity contribution in [3.63, 3.8) is 0 Å². The lowest BCUT2D eigenvalue weighted by molar-refractivity contribution is -0.274. The predicted octanol–water partition coefficient (Wildman–Crippen LogP) is 4.21. The van der Waals surface area contributed by atoms with E-state index in [1.54, 1.807) is 6.07 Å². The van der Waals surface area contributed by atoms with Crippen LogP contribution in [0.25, 0.3) is 11.3 Å². The minimum atomic E-state index is -4.72. The van der Waals surface area contributed by atoms with Gasteiger partial charge in [-0.05, 0) is 24.1 Å². The number of hydrogen-bond acceptors (Lipinski definition) is 4. The number of nitrogens with one attached hydrogen (secondary N) is 1. The van der Waals surface area contributed by atoms with Gasteiger partial charge in [0.25, 0.3) is 5.91 Å². The quantitative estimate of drug-likeness (QED) is 0.700. The molecule has 0 saturated carbocycles. The first-order valence-electron chi connectivity index (χ1n) is 8.06. The van der Waals surface area contributed by atoms with Crippen LogP contribution >= 0.6 is 0 Å². The van der Waals surface area contributed by atoms with Gasteiger partial charge in [-0.1, -0.05) is 47.6 Å². The molecule has 8 heteroatoms. The van der Waals surface area contributed by atoms with Gasteiger partial charge in [-0.15, -0.1) is 13.2 Å². The molecular weight excluding hydrogens is 361 g/mol. The average Bonchev–Trinajstić information content (AvgIpc) is 3.13. The second-order valence-electron chi connectivity index (χ2n) is 5.64. The van der Waals surface area contributed by atoms with Gasteiger partial charge in [0.05, 0.1) is 0 Å². The van der Waals surface area contributed by atoms with Crippen molar-refractivity contribution >= 4 is 5.91 Å². The Morgan fingerprint density at radius 1 is 1.07 bits per heavy atom. The Morgan fingerprint density at radius 2 is 1.78 bits per heavy atom. The predicted molar refractivity (Wildman–Crippen MR) is 91.1 cm³/mol. The standard InChI is InChI=1S/C19H15F3N2O3/c20-19(21,22)26-15-8-6-13(7-9-15)10-11-23-18(25)17-12-16(24-27-17)14-4-2-1-3-5-14/h1-9,12H,10-11H2,(H,23,25). The first-order chi connectivity index (χ1) is 12.9. The highest BCUT2D eigenvalue weighted by Gasteiger charge is 2.30. The van der Waals surface area contributed by atoms with Crippen molar-refractivity contribution in [2.45, 2.75) is 12.8 Å². The summed E-state index contributed by atoms with van der Waals surface area (Å²) in [6, 6.07) is 16.3. The first-order valence-corrected chi connectivity index (χ1v) is 8.06. The smallest absolute Gasteiger partial charge is 0.406 e. The van der Waals surface area contributed by atoms with E-state index in [2.05, 4.69) is 15.2 Å². The van der Waals surface area contributed by atoms with E-state index in [0.29, 0.717) is 18.7 Å². The second kappa shape index (κ2) is 7.94. The monoisotopic (exact) mass is 376 g/mol. The molecule has 1 heterocycles. The summed E-state index contributed by atoms with van der Waals surface area (Å²) < 4.78 is 45.2. The van der Waals surface area contributed by atoms with Crippen LogP contribution in [0.15, 0.2) is 65.2 Å². The topological polar surface area (TPSA) is 64.4 Å². The van der Waals surface area contributed by atoms with Gasteiger partial charge in [0.15, 0.2) is 0 Å². The zero-order valence-corrected chi connectivity index (χ0v) is 14.0. The second-order valence-corrected chi connectivity index (χ2v) is 5.64. The van der Waals surface area contributed by atoms with Crippen LogP contribution in [0, 0.1) is 0 Å². The summed E-state index contributed by atoms with van der Waals surface area (Å²) in [4.78, 5) is 12.1. The van der Waals surface area contributed by atoms with Crippen LogP contribution in [-0.2, 0) is 6.42 Å². The largest absolute Gasteiger partial charge is 0.573 e. The molecule has 1 aromatic heterocycles. The lowest BCUT2D eigenvalue weighted by Crippen LogP contribution is -2.25. The Labute approximate surface area is 152 Å². The van der Waals surface area contributed by atoms with Gasteiger partial charge in [-0.25, -0.2) is 0 Å². The minimum Gasteiger partial charge on any atom is -0.406 e. The number of aromatic nitrogens is 1. The number of carbonyl (C=O) groups is 1. The maximum absolute atomic E-state index is 12.1. The maximum atomic E-state index is 12.1. The van der Waals surface area contributed by atoms with Crippen molar-refractivity contribution in [1.82, 2.24) is 10.5 Å². The Morgan fingerprint density at radius 3 is 2.44 bits per heavy atom. The van der Waals surface area contributed by atoms with Gasteiger partial charge in [0.1, 0.15) is 11.4 Å². The molecule has 0 radical (unpaired) electrons. The Hall–Kier alpha value is -3.29. The van der Waals surface area contributed by atoms with Crippen LogP contribution in [0.3, 0.4) is 0 Å². The number of halogens is 3. The molecule has 1 amide bonds. The molecule has 0 aliphatic carbocycles. The van der Waals surface area contributed by atoms with Crippen molar-refractivity contribution in [1.29, 1.82) is 0 Å². The summed E-state index contributed by atoms with van der Waals surface area (Å²) in [5.74, 6) is -0.616. The molecule has 0 spiro atoms. The molecule has 0 unspecified atom stereocenters. The number of alkyl halides is 3. The van der Waals surface area contributed by atoms with Crippen molar-refractivity contribution in [2.24, 2.45) is 0 Å². The molecule has 0 atom stereocenters. The van der Waals surface area contributed by atoms with E-state index in [9.17, 15) is 18.0 Å². The van der Waals surface area contributed by atoms with Gasteiger partial charge in [-0.2, -0.15) is 0 Å². The zero-order valence-electron chi connectivity index (χ0n) is 14.0. The van der Waals surface area contributed by atoms with Crippen LogP contribution in [0.5, 0.6) is 5.75 Å². The third-order valence-electron chi connectivity index (χ3n) is 3.66. The fourth-order valence-electron chi connectivity index (χ4n) is 2.39. The molecule has 1 N–H and O–H groups in total. The molecule has 3 aromatic rings. The molecule has 140 valence electrons. The fourth-order valence-corrected chi connectivity index (χ4v) is 2.39. The Bertz CT molecular complexity index is 891. The van der Waals surface area contributed by atoms with E-state index in [1.807, 2.05) is 30.3 Å². The molecule has 2 aromatic carbocycles. The SMILES string of the molecule is O=C(NCCc1ccc(OC(F)(F)F)cc1)c1cc(-c2ccccc2)no1. The molecular formula is C19H15F3N2O3. The van der Waals surface area contributed by atoms with E-state index in [0.717, 1.165) is 11.1 Å². The first kappa shape index (κ1) is 18.5. The van der Waals surface area contributed by atoms with Crippen molar-refractivity contribution in [3.05, 3.63) is 72.0 Å². The summed E-state index contributed by atoms with van der Waals surface area (Å²) in [6.45, 7) is 0.291. The maximum Gasteiger partial charge on any atom is 0.573 e. The molecule has 0 aliphatic heterocycles. The van der Waals surface area contributed by atoms with Gasteiger partial charge < -0.3 is 14.6 Å². The van der Waals surface area contributed by atoms with Crippen LogP contribution in [0.4, 0.5) is 13.2 Å². The van der Waals surface area contributed by atoms with Crippen molar-refractivity contribution in [2.75, 3.05) is 6.54 Å². The van der Waals surface area contributed by atoms with Crippen LogP contribution in [0.2, 0.25) is 0 Å². The summed E-state index contributed by atoms with van der Waals surface area (Å²) in [5.41, 5.74) is 2.15. The molecule has 27 heavy (non-hydrogen) atoms. The normalized spacial score (nSPS) is 11.2. The highest BCUT2D eigenvalue weighted by Crippen LogP contribution is 2.23. The van der Waals surface area contributed by atoms with Crippen molar-refractivity contribution in [3.8, 4) is 17.0 Å². The van der Waals surface area contributed by atoms with E-state index in [-0.39, 0.29) is 11.5 Å². The Kier molecular flexibility index (Phi) is 5.44. The zero-order chi connectivity index (χ0) is 19.3. The van der Waals surface area contributed by atoms with Crippen LogP contribution in [-0.4, -0.2) is 24.0 Å². The van der Waals surface area contributed by atoms with E-state index >= 15 is 0 Å². The van der Waals surface area contributed by atoms with E-state index in [1.165, 1.54) is 24.3 Å².